The number of carboxylic acid groups (broad SMARTS) is 1. The first-order valence-electron chi connectivity index (χ1n) is 6.20. The second-order valence-electron chi connectivity index (χ2n) is 4.06. The molecule has 6 nitrogen and oxygen atoms in total. The highest BCUT2D eigenvalue weighted by atomic mass is 16.5. The molecule has 0 aliphatic rings. The first kappa shape index (κ1) is 13.9. The summed E-state index contributed by atoms with van der Waals surface area (Å²) in [7, 11) is 1.57. The lowest BCUT2D eigenvalue weighted by Crippen LogP contribution is -2.12. The third-order valence-electron chi connectivity index (χ3n) is 2.89. The van der Waals surface area contributed by atoms with E-state index in [0.29, 0.717) is 23.7 Å². The standard InChI is InChI=1S/C14H16N2O4/c1-3-16-10(8-15-13(16)14(17)18)9-20-12-7-5-4-6-11(12)19-2/h4-8H,3,9H2,1-2H3,(H,17,18). The number of aromatic nitrogens is 2. The molecule has 1 aromatic carbocycles. The van der Waals surface area contributed by atoms with Crippen molar-refractivity contribution in [2.75, 3.05) is 7.11 Å². The van der Waals surface area contributed by atoms with Crippen LogP contribution in [0.3, 0.4) is 0 Å². The van der Waals surface area contributed by atoms with Gasteiger partial charge in [-0.05, 0) is 19.1 Å². The number of carboxylic acids is 1. The molecule has 6 heteroatoms. The highest BCUT2D eigenvalue weighted by Gasteiger charge is 2.15. The Kier molecular flexibility index (Phi) is 4.24. The van der Waals surface area contributed by atoms with Gasteiger partial charge in [0.15, 0.2) is 11.5 Å². The van der Waals surface area contributed by atoms with Gasteiger partial charge in [-0.1, -0.05) is 12.1 Å². The van der Waals surface area contributed by atoms with E-state index in [2.05, 4.69) is 4.98 Å². The van der Waals surface area contributed by atoms with E-state index < -0.39 is 5.97 Å². The quantitative estimate of drug-likeness (QED) is 0.875. The molecule has 0 fully saturated rings. The van der Waals surface area contributed by atoms with Gasteiger partial charge in [0.25, 0.3) is 0 Å². The van der Waals surface area contributed by atoms with Crippen LogP contribution in [0.15, 0.2) is 30.5 Å². The maximum atomic E-state index is 11.0. The van der Waals surface area contributed by atoms with Crippen LogP contribution in [0.2, 0.25) is 0 Å². The summed E-state index contributed by atoms with van der Waals surface area (Å²) < 4.78 is 12.5. The molecule has 0 radical (unpaired) electrons. The number of hydrogen-bond acceptors (Lipinski definition) is 4. The van der Waals surface area contributed by atoms with Crippen molar-refractivity contribution >= 4 is 5.97 Å². The van der Waals surface area contributed by atoms with Gasteiger partial charge in [-0.2, -0.15) is 0 Å². The lowest BCUT2D eigenvalue weighted by atomic mass is 10.3. The Morgan fingerprint density at radius 1 is 1.35 bits per heavy atom. The van der Waals surface area contributed by atoms with Crippen LogP contribution in [-0.2, 0) is 13.2 Å². The van der Waals surface area contributed by atoms with E-state index in [4.69, 9.17) is 14.6 Å². The van der Waals surface area contributed by atoms with E-state index in [-0.39, 0.29) is 12.4 Å². The summed E-state index contributed by atoms with van der Waals surface area (Å²) in [5, 5.41) is 9.03. The maximum absolute atomic E-state index is 11.0. The normalized spacial score (nSPS) is 10.3. The van der Waals surface area contributed by atoms with Gasteiger partial charge in [0.1, 0.15) is 6.61 Å². The van der Waals surface area contributed by atoms with Crippen molar-refractivity contribution in [1.82, 2.24) is 9.55 Å². The van der Waals surface area contributed by atoms with Crippen molar-refractivity contribution < 1.29 is 19.4 Å². The first-order chi connectivity index (χ1) is 9.67. The minimum atomic E-state index is -1.05. The number of benzene rings is 1. The molecule has 20 heavy (non-hydrogen) atoms. The Morgan fingerprint density at radius 3 is 2.65 bits per heavy atom. The van der Waals surface area contributed by atoms with Crippen LogP contribution < -0.4 is 9.47 Å². The number of aromatic carboxylic acids is 1. The second-order valence-corrected chi connectivity index (χ2v) is 4.06. The Labute approximate surface area is 116 Å². The van der Waals surface area contributed by atoms with E-state index >= 15 is 0 Å². The number of imidazole rings is 1. The predicted molar refractivity (Wildman–Crippen MR) is 72.2 cm³/mol. The van der Waals surface area contributed by atoms with Crippen LogP contribution in [0, 0.1) is 0 Å². The summed E-state index contributed by atoms with van der Waals surface area (Å²) in [6.07, 6.45) is 1.52. The average molecular weight is 276 g/mol. The van der Waals surface area contributed by atoms with E-state index in [9.17, 15) is 4.79 Å². The molecule has 0 amide bonds. The van der Waals surface area contributed by atoms with Gasteiger partial charge >= 0.3 is 5.97 Å². The van der Waals surface area contributed by atoms with E-state index in [1.807, 2.05) is 19.1 Å². The monoisotopic (exact) mass is 276 g/mol. The molecule has 0 spiro atoms. The van der Waals surface area contributed by atoms with Crippen LogP contribution in [-0.4, -0.2) is 27.7 Å². The maximum Gasteiger partial charge on any atom is 0.372 e. The molecular weight excluding hydrogens is 260 g/mol. The van der Waals surface area contributed by atoms with Gasteiger partial charge in [-0.25, -0.2) is 9.78 Å². The fourth-order valence-electron chi connectivity index (χ4n) is 1.94. The molecule has 0 aliphatic carbocycles. The minimum Gasteiger partial charge on any atom is -0.493 e. The smallest absolute Gasteiger partial charge is 0.372 e. The van der Waals surface area contributed by atoms with Gasteiger partial charge in [0, 0.05) is 6.54 Å². The third kappa shape index (κ3) is 2.74. The summed E-state index contributed by atoms with van der Waals surface area (Å²) in [6, 6.07) is 7.29. The fourth-order valence-corrected chi connectivity index (χ4v) is 1.94. The Hall–Kier alpha value is -2.50. The minimum absolute atomic E-state index is 0.0196. The van der Waals surface area contributed by atoms with Gasteiger partial charge < -0.3 is 19.1 Å². The summed E-state index contributed by atoms with van der Waals surface area (Å²) in [4.78, 5) is 14.9. The molecule has 2 rings (SSSR count). The molecule has 2 aromatic rings. The fraction of sp³-hybridized carbons (Fsp3) is 0.286. The van der Waals surface area contributed by atoms with Crippen LogP contribution in [0.1, 0.15) is 23.2 Å². The number of para-hydroxylation sites is 2. The molecule has 0 saturated heterocycles. The zero-order valence-electron chi connectivity index (χ0n) is 11.4. The predicted octanol–water partition coefficient (Wildman–Crippen LogP) is 2.19. The molecule has 0 aliphatic heterocycles. The van der Waals surface area contributed by atoms with Crippen LogP contribution in [0.4, 0.5) is 0 Å². The average Bonchev–Trinajstić information content (AvgIpc) is 2.88. The third-order valence-corrected chi connectivity index (χ3v) is 2.89. The van der Waals surface area contributed by atoms with Crippen molar-refractivity contribution in [3.63, 3.8) is 0 Å². The van der Waals surface area contributed by atoms with E-state index in [0.717, 1.165) is 0 Å². The summed E-state index contributed by atoms with van der Waals surface area (Å²) >= 11 is 0. The van der Waals surface area contributed by atoms with Gasteiger partial charge in [-0.15, -0.1) is 0 Å². The number of carbonyl (C=O) groups is 1. The van der Waals surface area contributed by atoms with Crippen molar-refractivity contribution in [3.05, 3.63) is 42.0 Å². The highest BCUT2D eigenvalue weighted by molar-refractivity contribution is 5.83. The molecule has 0 bridgehead atoms. The van der Waals surface area contributed by atoms with Crippen molar-refractivity contribution in [3.8, 4) is 11.5 Å². The molecule has 0 atom stereocenters. The van der Waals surface area contributed by atoms with Crippen LogP contribution in [0.5, 0.6) is 11.5 Å². The molecular formula is C14H16N2O4. The van der Waals surface area contributed by atoms with Crippen LogP contribution >= 0.6 is 0 Å². The Bertz CT molecular complexity index is 607. The van der Waals surface area contributed by atoms with Crippen molar-refractivity contribution in [1.29, 1.82) is 0 Å². The second kappa shape index (κ2) is 6.10. The van der Waals surface area contributed by atoms with Crippen molar-refractivity contribution in [2.24, 2.45) is 0 Å². The topological polar surface area (TPSA) is 73.6 Å². The molecule has 0 unspecified atom stereocenters. The van der Waals surface area contributed by atoms with Crippen molar-refractivity contribution in [2.45, 2.75) is 20.1 Å². The molecule has 1 heterocycles. The van der Waals surface area contributed by atoms with E-state index in [1.54, 1.807) is 23.8 Å². The van der Waals surface area contributed by atoms with Gasteiger partial charge in [-0.3, -0.25) is 0 Å². The molecule has 0 saturated carbocycles. The Morgan fingerprint density at radius 2 is 2.05 bits per heavy atom. The lowest BCUT2D eigenvalue weighted by Gasteiger charge is -2.11. The zero-order valence-corrected chi connectivity index (χ0v) is 11.4. The Balaban J connectivity index is 2.17. The number of methoxy groups -OCH3 is 1. The van der Waals surface area contributed by atoms with Crippen LogP contribution in [0.25, 0.3) is 0 Å². The number of rotatable bonds is 6. The number of ether oxygens (including phenoxy) is 2. The largest absolute Gasteiger partial charge is 0.493 e. The summed E-state index contributed by atoms with van der Waals surface area (Å²) in [6.45, 7) is 2.61. The molecule has 1 N–H and O–H groups in total. The summed E-state index contributed by atoms with van der Waals surface area (Å²) in [5.41, 5.74) is 0.704. The van der Waals surface area contributed by atoms with Gasteiger partial charge in [0.2, 0.25) is 5.82 Å². The molecule has 1 aromatic heterocycles. The van der Waals surface area contributed by atoms with Gasteiger partial charge in [0.05, 0.1) is 19.0 Å². The SMILES string of the molecule is CCn1c(COc2ccccc2OC)cnc1C(=O)O. The number of nitrogens with zero attached hydrogens (tertiary/aromatic N) is 2. The van der Waals surface area contributed by atoms with E-state index in [1.165, 1.54) is 6.20 Å². The molecule has 106 valence electrons. The highest BCUT2D eigenvalue weighted by Crippen LogP contribution is 2.26. The lowest BCUT2D eigenvalue weighted by molar-refractivity contribution is 0.0677. The first-order valence-corrected chi connectivity index (χ1v) is 6.20. The summed E-state index contributed by atoms with van der Waals surface area (Å²) in [5.74, 6) is 0.214. The number of hydrogen-bond donors (Lipinski definition) is 1. The zero-order chi connectivity index (χ0) is 14.5.